The lowest BCUT2D eigenvalue weighted by Crippen LogP contribution is -2.11. The normalized spacial score (nSPS) is 12.1. The van der Waals surface area contributed by atoms with Crippen LogP contribution in [0.5, 0.6) is 5.75 Å². The molecule has 0 aromatic heterocycles. The van der Waals surface area contributed by atoms with Gasteiger partial charge in [0.15, 0.2) is 0 Å². The minimum Gasteiger partial charge on any atom is -0.435 e. The molecule has 4 N–H and O–H groups in total. The van der Waals surface area contributed by atoms with Crippen LogP contribution in [0, 0.1) is 0 Å². The molecule has 104 valence electrons. The first kappa shape index (κ1) is 17.1. The van der Waals surface area contributed by atoms with Crippen molar-refractivity contribution in [3.8, 4) is 5.75 Å². The molecule has 0 fully saturated rings. The van der Waals surface area contributed by atoms with Gasteiger partial charge in [-0.25, -0.2) is 0 Å². The van der Waals surface area contributed by atoms with Crippen molar-refractivity contribution in [1.29, 1.82) is 0 Å². The number of benzene rings is 1. The third-order valence-electron chi connectivity index (χ3n) is 2.50. The second-order valence-corrected chi connectivity index (χ2v) is 3.84. The Morgan fingerprint density at radius 2 is 1.72 bits per heavy atom. The van der Waals surface area contributed by atoms with Crippen LogP contribution in [0.4, 0.5) is 8.78 Å². The first-order chi connectivity index (χ1) is 8.13. The van der Waals surface area contributed by atoms with E-state index in [-0.39, 0.29) is 24.2 Å². The lowest BCUT2D eigenvalue weighted by molar-refractivity contribution is -0.0498. The maximum atomic E-state index is 11.9. The van der Waals surface area contributed by atoms with Crippen LogP contribution in [0.15, 0.2) is 24.3 Å². The fourth-order valence-electron chi connectivity index (χ4n) is 1.57. The second kappa shape index (κ2) is 9.08. The maximum absolute atomic E-state index is 11.9. The minimum absolute atomic E-state index is 0. The zero-order chi connectivity index (χ0) is 12.7. The van der Waals surface area contributed by atoms with Gasteiger partial charge in [0.05, 0.1) is 0 Å². The summed E-state index contributed by atoms with van der Waals surface area (Å²) in [6, 6.07) is 6.35. The van der Waals surface area contributed by atoms with Crippen molar-refractivity contribution < 1.29 is 13.5 Å². The lowest BCUT2D eigenvalue weighted by Gasteiger charge is -2.12. The highest BCUT2D eigenvalue weighted by molar-refractivity contribution is 5.85. The Balaban J connectivity index is 0.00000289. The number of nitrogens with two attached hydrogens (primary N) is 2. The van der Waals surface area contributed by atoms with Gasteiger partial charge in [-0.3, -0.25) is 0 Å². The topological polar surface area (TPSA) is 61.3 Å². The predicted octanol–water partition coefficient (Wildman–Crippen LogP) is 2.84. The summed E-state index contributed by atoms with van der Waals surface area (Å²) in [5.41, 5.74) is 12.3. The number of ether oxygens (including phenoxy) is 1. The van der Waals surface area contributed by atoms with Crippen molar-refractivity contribution in [2.45, 2.75) is 31.9 Å². The molecule has 0 saturated carbocycles. The van der Waals surface area contributed by atoms with E-state index in [2.05, 4.69) is 4.74 Å². The standard InChI is InChI=1S/C12H18F2N2O.ClH/c13-12(14)17-10-6-4-9(5-7-10)11(16)3-1-2-8-15;/h4-7,11-12H,1-3,8,15-16H2;1H/t11-;/m1./s1. The molecule has 1 aromatic rings. The molecule has 18 heavy (non-hydrogen) atoms. The van der Waals surface area contributed by atoms with E-state index in [9.17, 15) is 8.78 Å². The zero-order valence-corrected chi connectivity index (χ0v) is 10.8. The molecule has 1 atom stereocenters. The largest absolute Gasteiger partial charge is 0.435 e. The molecular formula is C12H19ClF2N2O. The molecule has 0 spiro atoms. The number of alkyl halides is 2. The molecule has 1 rings (SSSR count). The monoisotopic (exact) mass is 280 g/mol. The van der Waals surface area contributed by atoms with Crippen molar-refractivity contribution in [1.82, 2.24) is 0 Å². The molecule has 0 bridgehead atoms. The highest BCUT2D eigenvalue weighted by atomic mass is 35.5. The second-order valence-electron chi connectivity index (χ2n) is 3.84. The number of hydrogen-bond donors (Lipinski definition) is 2. The van der Waals surface area contributed by atoms with Crippen molar-refractivity contribution in [3.63, 3.8) is 0 Å². The fraction of sp³-hybridized carbons (Fsp3) is 0.500. The van der Waals surface area contributed by atoms with E-state index in [1.807, 2.05) is 0 Å². The van der Waals surface area contributed by atoms with E-state index in [0.29, 0.717) is 6.54 Å². The summed E-state index contributed by atoms with van der Waals surface area (Å²) in [7, 11) is 0. The van der Waals surface area contributed by atoms with Gasteiger partial charge >= 0.3 is 6.61 Å². The number of rotatable bonds is 7. The van der Waals surface area contributed by atoms with E-state index in [1.165, 1.54) is 12.1 Å². The average Bonchev–Trinajstić information content (AvgIpc) is 2.29. The quantitative estimate of drug-likeness (QED) is 0.755. The summed E-state index contributed by atoms with van der Waals surface area (Å²) in [6.45, 7) is -2.13. The van der Waals surface area contributed by atoms with Crippen LogP contribution >= 0.6 is 12.4 Å². The van der Waals surface area contributed by atoms with Crippen LogP contribution in [-0.2, 0) is 0 Å². The third kappa shape index (κ3) is 6.14. The van der Waals surface area contributed by atoms with Crippen LogP contribution in [0.2, 0.25) is 0 Å². The number of unbranched alkanes of at least 4 members (excludes halogenated alkanes) is 1. The summed E-state index contributed by atoms with van der Waals surface area (Å²) in [6.07, 6.45) is 2.75. The first-order valence-corrected chi connectivity index (χ1v) is 5.64. The van der Waals surface area contributed by atoms with Gasteiger partial charge in [-0.05, 0) is 37.1 Å². The van der Waals surface area contributed by atoms with E-state index >= 15 is 0 Å². The van der Waals surface area contributed by atoms with Crippen molar-refractivity contribution >= 4 is 12.4 Å². The smallest absolute Gasteiger partial charge is 0.387 e. The Morgan fingerprint density at radius 3 is 2.22 bits per heavy atom. The van der Waals surface area contributed by atoms with E-state index < -0.39 is 6.61 Å². The zero-order valence-electron chi connectivity index (χ0n) is 10.0. The molecule has 0 heterocycles. The van der Waals surface area contributed by atoms with Gasteiger partial charge in [0.2, 0.25) is 0 Å². The van der Waals surface area contributed by atoms with E-state index in [0.717, 1.165) is 24.8 Å². The third-order valence-corrected chi connectivity index (χ3v) is 2.50. The maximum Gasteiger partial charge on any atom is 0.387 e. The molecule has 0 aliphatic carbocycles. The summed E-state index contributed by atoms with van der Waals surface area (Å²) >= 11 is 0. The van der Waals surface area contributed by atoms with Gasteiger partial charge in [-0.15, -0.1) is 12.4 Å². The predicted molar refractivity (Wildman–Crippen MR) is 70.2 cm³/mol. The Hall–Kier alpha value is -0.910. The minimum atomic E-state index is -2.79. The number of hydrogen-bond acceptors (Lipinski definition) is 3. The van der Waals surface area contributed by atoms with Gasteiger partial charge < -0.3 is 16.2 Å². The average molecular weight is 281 g/mol. The molecule has 0 aliphatic heterocycles. The Bertz CT molecular complexity index is 322. The highest BCUT2D eigenvalue weighted by Crippen LogP contribution is 2.21. The van der Waals surface area contributed by atoms with Crippen LogP contribution < -0.4 is 16.2 Å². The van der Waals surface area contributed by atoms with Crippen LogP contribution in [-0.4, -0.2) is 13.2 Å². The molecule has 0 aliphatic rings. The van der Waals surface area contributed by atoms with Gasteiger partial charge in [-0.1, -0.05) is 18.6 Å². The molecule has 3 nitrogen and oxygen atoms in total. The fourth-order valence-corrected chi connectivity index (χ4v) is 1.57. The van der Waals surface area contributed by atoms with Crippen LogP contribution in [0.25, 0.3) is 0 Å². The summed E-state index contributed by atoms with van der Waals surface area (Å²) in [5, 5.41) is 0. The summed E-state index contributed by atoms with van der Waals surface area (Å²) < 4.78 is 28.1. The van der Waals surface area contributed by atoms with Crippen LogP contribution in [0.3, 0.4) is 0 Å². The van der Waals surface area contributed by atoms with E-state index in [4.69, 9.17) is 11.5 Å². The van der Waals surface area contributed by atoms with Gasteiger partial charge in [0.1, 0.15) is 5.75 Å². The molecule has 0 unspecified atom stereocenters. The molecular weight excluding hydrogens is 262 g/mol. The van der Waals surface area contributed by atoms with Gasteiger partial charge in [-0.2, -0.15) is 8.78 Å². The lowest BCUT2D eigenvalue weighted by atomic mass is 10.0. The Labute approximate surface area is 112 Å². The molecule has 0 amide bonds. The van der Waals surface area contributed by atoms with Gasteiger partial charge in [0, 0.05) is 6.04 Å². The molecule has 6 heteroatoms. The SMILES string of the molecule is Cl.NCCCC[C@@H](N)c1ccc(OC(F)F)cc1. The van der Waals surface area contributed by atoms with Crippen molar-refractivity contribution in [3.05, 3.63) is 29.8 Å². The number of halogens is 3. The van der Waals surface area contributed by atoms with Crippen molar-refractivity contribution in [2.24, 2.45) is 11.5 Å². The summed E-state index contributed by atoms with van der Waals surface area (Å²) in [5.74, 6) is 0.151. The highest BCUT2D eigenvalue weighted by Gasteiger charge is 2.07. The molecule has 0 saturated heterocycles. The summed E-state index contributed by atoms with van der Waals surface area (Å²) in [4.78, 5) is 0. The van der Waals surface area contributed by atoms with Crippen LogP contribution in [0.1, 0.15) is 30.9 Å². The molecule has 1 aromatic carbocycles. The van der Waals surface area contributed by atoms with E-state index in [1.54, 1.807) is 12.1 Å². The first-order valence-electron chi connectivity index (χ1n) is 5.64. The van der Waals surface area contributed by atoms with Crippen molar-refractivity contribution in [2.75, 3.05) is 6.54 Å². The Morgan fingerprint density at radius 1 is 1.11 bits per heavy atom. The Kier molecular flexibility index (Phi) is 8.62. The van der Waals surface area contributed by atoms with Gasteiger partial charge in [0.25, 0.3) is 0 Å². The molecule has 0 radical (unpaired) electrons.